The maximum atomic E-state index is 13.3. The van der Waals surface area contributed by atoms with Gasteiger partial charge in [-0.3, -0.25) is 0 Å². The fourth-order valence-corrected chi connectivity index (χ4v) is 7.63. The van der Waals surface area contributed by atoms with Crippen LogP contribution in [0.15, 0.2) is 191 Å². The topological polar surface area (TPSA) is 157 Å². The quantitative estimate of drug-likeness (QED) is 0.0233. The minimum Gasteiger partial charge on any atom is -0.497 e. The second-order valence-electron chi connectivity index (χ2n) is 17.4. The lowest BCUT2D eigenvalue weighted by Gasteiger charge is -2.14. The molecule has 0 saturated carbocycles. The Bertz CT molecular complexity index is 2960. The van der Waals surface area contributed by atoms with Crippen molar-refractivity contribution in [3.05, 3.63) is 198 Å². The summed E-state index contributed by atoms with van der Waals surface area (Å²) >= 11 is 0. The van der Waals surface area contributed by atoms with E-state index >= 15 is 0 Å². The van der Waals surface area contributed by atoms with Gasteiger partial charge in [0.1, 0.15) is 47.7 Å². The number of hydrogen-bond donors (Lipinski definition) is 0. The molecule has 392 valence electrons. The van der Waals surface area contributed by atoms with Crippen LogP contribution in [0.3, 0.4) is 0 Å². The third kappa shape index (κ3) is 18.0. The molecule has 0 aliphatic heterocycles. The van der Waals surface area contributed by atoms with E-state index in [0.29, 0.717) is 43.5 Å². The summed E-state index contributed by atoms with van der Waals surface area (Å²) in [6, 6.07) is 49.5. The van der Waals surface area contributed by atoms with Crippen molar-refractivity contribution in [3.8, 4) is 34.5 Å². The van der Waals surface area contributed by atoms with Crippen molar-refractivity contribution in [2.45, 2.75) is 64.6 Å². The van der Waals surface area contributed by atoms with Gasteiger partial charge < -0.3 is 37.9 Å². The monoisotopic (exact) mass is 1020 g/mol. The van der Waals surface area contributed by atoms with E-state index in [1.807, 2.05) is 146 Å². The largest absolute Gasteiger partial charge is 0.497 e. The minimum absolute atomic E-state index is 0.00879. The third-order valence-corrected chi connectivity index (χ3v) is 11.9. The Labute approximate surface area is 445 Å². The fraction of sp³-hybridized carbons (Fsp3) is 0.258. The molecule has 0 aromatic heterocycles. The van der Waals surface area contributed by atoms with Crippen LogP contribution in [0.2, 0.25) is 0 Å². The zero-order chi connectivity index (χ0) is 53.0. The van der Waals surface area contributed by atoms with Gasteiger partial charge in [0.2, 0.25) is 0 Å². The Morgan fingerprint density at radius 2 is 0.789 bits per heavy atom. The molecule has 0 radical (unpaired) electrons. The van der Waals surface area contributed by atoms with Gasteiger partial charge in [-0.05, 0) is 184 Å². The summed E-state index contributed by atoms with van der Waals surface area (Å²) in [6.45, 7) is 6.16. The van der Waals surface area contributed by atoms with Crippen molar-refractivity contribution in [1.29, 1.82) is 0 Å². The van der Waals surface area contributed by atoms with E-state index in [1.54, 1.807) is 32.4 Å². The number of rotatable bonds is 31. The first-order chi connectivity index (χ1) is 37.4. The molecule has 0 saturated heterocycles. The Morgan fingerprint density at radius 3 is 1.18 bits per heavy atom. The van der Waals surface area contributed by atoms with Gasteiger partial charge in [0.15, 0.2) is 0 Å². The van der Waals surface area contributed by atoms with Gasteiger partial charge in [-0.25, -0.2) is 9.59 Å². The highest BCUT2D eigenvalue weighted by molar-refractivity contribution is 5.97. The number of hydrogen-bond acceptors (Lipinski definition) is 14. The molecule has 0 heterocycles. The van der Waals surface area contributed by atoms with Gasteiger partial charge in [-0.2, -0.15) is 20.5 Å². The molecule has 0 amide bonds. The molecular weight excluding hydrogens is 961 g/mol. The van der Waals surface area contributed by atoms with Crippen LogP contribution in [0.25, 0.3) is 6.08 Å². The molecule has 76 heavy (non-hydrogen) atoms. The number of azo groups is 2. The van der Waals surface area contributed by atoms with Crippen molar-refractivity contribution in [3.63, 3.8) is 0 Å². The number of nitrogens with zero attached hydrogens (tertiary/aromatic N) is 4. The summed E-state index contributed by atoms with van der Waals surface area (Å²) in [5, 5.41) is 17.1. The number of carbonyl (C=O) groups excluding carboxylic acids is 2. The number of ether oxygens (including phenoxy) is 8. The molecule has 0 aliphatic carbocycles. The number of esters is 2. The molecule has 14 nitrogen and oxygen atoms in total. The Kier molecular flexibility index (Phi) is 22.0. The van der Waals surface area contributed by atoms with Gasteiger partial charge in [0, 0.05) is 11.1 Å². The fourth-order valence-electron chi connectivity index (χ4n) is 7.63. The van der Waals surface area contributed by atoms with Crippen LogP contribution in [0.1, 0.15) is 88.8 Å². The van der Waals surface area contributed by atoms with E-state index in [1.165, 1.54) is 6.08 Å². The first-order valence-electron chi connectivity index (χ1n) is 25.5. The Hall–Kier alpha value is -8.78. The highest BCUT2D eigenvalue weighted by atomic mass is 16.5. The van der Waals surface area contributed by atoms with Gasteiger partial charge in [0.05, 0.1) is 74.5 Å². The summed E-state index contributed by atoms with van der Waals surface area (Å²) in [7, 11) is 3.25. The standard InChI is InChI=1S/C62H64N4O10/c1-4-46-43-47(61(67)75-44-48-17-9-11-19-59(48)73-41-15-7-5-13-39-71-56-34-26-52(27-35-56)65-63-50-22-30-54(69-2)31-23-50)21-38-58(46)62(68)76-45-49-18-10-12-20-60(49)74-42-16-8-6-14-40-72-57-36-28-53(29-37-57)66-64-51-24-32-55(70-3)33-25-51/h4,9-12,17-38,43H,1,5-8,13-16,39-42,44-45H2,2-3H3. The van der Waals surface area contributed by atoms with Gasteiger partial charge in [0.25, 0.3) is 0 Å². The number of benzene rings is 7. The summed E-state index contributed by atoms with van der Waals surface area (Å²) in [6.07, 6.45) is 8.99. The van der Waals surface area contributed by atoms with E-state index in [4.69, 9.17) is 37.9 Å². The first kappa shape index (κ1) is 55.0. The van der Waals surface area contributed by atoms with Crippen LogP contribution in [-0.2, 0) is 22.7 Å². The van der Waals surface area contributed by atoms with Crippen LogP contribution in [-0.4, -0.2) is 52.6 Å². The van der Waals surface area contributed by atoms with Crippen LogP contribution in [0.4, 0.5) is 22.7 Å². The zero-order valence-electron chi connectivity index (χ0n) is 43.1. The molecule has 0 fully saturated rings. The molecule has 0 spiro atoms. The number of unbranched alkanes of at least 4 members (excludes halogenated alkanes) is 6. The van der Waals surface area contributed by atoms with Crippen molar-refractivity contribution >= 4 is 40.8 Å². The SMILES string of the molecule is C=Cc1cc(C(=O)OCc2ccccc2OCCCCCCOc2ccc(N=Nc3ccc(OC)cc3)cc2)ccc1C(=O)OCc1ccccc1OCCCCCCOc1ccc(N=Nc2ccc(OC)cc2)cc1. The maximum Gasteiger partial charge on any atom is 0.339 e. The smallest absolute Gasteiger partial charge is 0.339 e. The maximum absolute atomic E-state index is 13.3. The molecule has 0 bridgehead atoms. The molecule has 7 rings (SSSR count). The lowest BCUT2D eigenvalue weighted by Crippen LogP contribution is -2.11. The van der Waals surface area contributed by atoms with E-state index < -0.39 is 11.9 Å². The molecule has 7 aromatic carbocycles. The molecule has 7 aromatic rings. The molecule has 14 heteroatoms. The number of para-hydroxylation sites is 2. The van der Waals surface area contributed by atoms with E-state index in [0.717, 1.165) is 108 Å². The van der Waals surface area contributed by atoms with Gasteiger partial charge >= 0.3 is 11.9 Å². The Morgan fingerprint density at radius 1 is 0.421 bits per heavy atom. The van der Waals surface area contributed by atoms with E-state index in [-0.39, 0.29) is 24.3 Å². The van der Waals surface area contributed by atoms with Crippen LogP contribution >= 0.6 is 0 Å². The average Bonchev–Trinajstić information content (AvgIpc) is 3.47. The summed E-state index contributed by atoms with van der Waals surface area (Å²) in [4.78, 5) is 26.6. The van der Waals surface area contributed by atoms with E-state index in [9.17, 15) is 9.59 Å². The number of carbonyl (C=O) groups is 2. The summed E-state index contributed by atoms with van der Waals surface area (Å²) in [5.74, 6) is 3.33. The molecule has 0 aliphatic rings. The highest BCUT2D eigenvalue weighted by Gasteiger charge is 2.17. The predicted molar refractivity (Wildman–Crippen MR) is 294 cm³/mol. The van der Waals surface area contributed by atoms with Gasteiger partial charge in [-0.1, -0.05) is 49.1 Å². The van der Waals surface area contributed by atoms with Crippen molar-refractivity contribution < 1.29 is 47.5 Å². The average molecular weight is 1030 g/mol. The minimum atomic E-state index is -0.551. The van der Waals surface area contributed by atoms with Crippen LogP contribution < -0.4 is 28.4 Å². The molecule has 0 N–H and O–H groups in total. The van der Waals surface area contributed by atoms with Crippen molar-refractivity contribution in [2.75, 3.05) is 40.6 Å². The first-order valence-corrected chi connectivity index (χ1v) is 25.5. The van der Waals surface area contributed by atoms with E-state index in [2.05, 4.69) is 27.0 Å². The number of methoxy groups -OCH3 is 2. The summed E-state index contributed by atoms with van der Waals surface area (Å²) < 4.78 is 45.9. The molecule has 0 atom stereocenters. The third-order valence-electron chi connectivity index (χ3n) is 11.9. The van der Waals surface area contributed by atoms with Crippen LogP contribution in [0.5, 0.6) is 34.5 Å². The normalized spacial score (nSPS) is 11.0. The molecule has 0 unspecified atom stereocenters. The Balaban J connectivity index is 0.752. The lowest BCUT2D eigenvalue weighted by atomic mass is 10.0. The summed E-state index contributed by atoms with van der Waals surface area (Å²) in [5.41, 5.74) is 5.46. The second kappa shape index (κ2) is 30.4. The second-order valence-corrected chi connectivity index (χ2v) is 17.4. The lowest BCUT2D eigenvalue weighted by molar-refractivity contribution is 0.0455. The van der Waals surface area contributed by atoms with Crippen molar-refractivity contribution in [2.24, 2.45) is 20.5 Å². The highest BCUT2D eigenvalue weighted by Crippen LogP contribution is 2.27. The molecular formula is C62H64N4O10. The predicted octanol–water partition coefficient (Wildman–Crippen LogP) is 15.9. The van der Waals surface area contributed by atoms with Crippen LogP contribution in [0, 0.1) is 0 Å². The van der Waals surface area contributed by atoms with Crippen molar-refractivity contribution in [1.82, 2.24) is 0 Å². The van der Waals surface area contributed by atoms with Gasteiger partial charge in [-0.15, -0.1) is 0 Å². The zero-order valence-corrected chi connectivity index (χ0v) is 43.1.